The largest absolute Gasteiger partial charge is 0.403 e. The van der Waals surface area contributed by atoms with E-state index >= 15 is 0 Å². The van der Waals surface area contributed by atoms with Crippen LogP contribution in [0, 0.1) is 0 Å². The van der Waals surface area contributed by atoms with E-state index in [1.54, 1.807) is 7.05 Å². The topological polar surface area (TPSA) is 30.9 Å². The lowest BCUT2D eigenvalue weighted by molar-refractivity contribution is -0.181. The number of unbranched alkanes of at least 4 members (excludes halogenated alkanes) is 1. The van der Waals surface area contributed by atoms with Gasteiger partial charge in [-0.1, -0.05) is 0 Å². The van der Waals surface area contributed by atoms with Crippen molar-refractivity contribution in [1.82, 2.24) is 15.1 Å². The van der Waals surface area contributed by atoms with E-state index in [2.05, 4.69) is 10.3 Å². The molecule has 25 heavy (non-hydrogen) atoms. The Morgan fingerprint density at radius 2 is 1.60 bits per heavy atom. The number of hydrogen-bond acceptors (Lipinski definition) is 2. The van der Waals surface area contributed by atoms with Crippen molar-refractivity contribution in [3.05, 3.63) is 0 Å². The number of nitrogens with one attached hydrogen (secondary N) is 1. The van der Waals surface area contributed by atoms with E-state index in [4.69, 9.17) is 0 Å². The molecule has 0 bridgehead atoms. The zero-order valence-electron chi connectivity index (χ0n) is 14.3. The molecule has 1 N–H and O–H groups in total. The molecule has 0 aromatic heterocycles. The maximum absolute atomic E-state index is 12.7. The molecule has 1 atom stereocenters. The molecule has 0 saturated carbocycles. The average Bonchev–Trinajstić information content (AvgIpc) is 2.48. The van der Waals surface area contributed by atoms with Crippen LogP contribution in [0.2, 0.25) is 0 Å². The Hall–Kier alpha value is -0.460. The SMILES string of the molecule is CN=C(NCCCCC(F)(F)F)N1CCN(C(C)C(F)(F)F)CC1.I. The number of nitrogens with zero attached hydrogens (tertiary/aromatic N) is 3. The van der Waals surface area contributed by atoms with Crippen molar-refractivity contribution in [3.63, 3.8) is 0 Å². The van der Waals surface area contributed by atoms with Gasteiger partial charge < -0.3 is 10.2 Å². The molecule has 1 saturated heterocycles. The second-order valence-electron chi connectivity index (χ2n) is 5.79. The van der Waals surface area contributed by atoms with Gasteiger partial charge in [0, 0.05) is 46.2 Å². The summed E-state index contributed by atoms with van der Waals surface area (Å²) in [6.07, 6.45) is -8.83. The van der Waals surface area contributed by atoms with E-state index in [0.29, 0.717) is 32.0 Å². The van der Waals surface area contributed by atoms with Crippen molar-refractivity contribution < 1.29 is 26.3 Å². The molecule has 1 rings (SSSR count). The van der Waals surface area contributed by atoms with Gasteiger partial charge in [-0.15, -0.1) is 24.0 Å². The standard InChI is InChI=1S/C14H24F6N4.HI/c1-11(14(18,19)20)23-7-9-24(10-8-23)12(21-2)22-6-4-3-5-13(15,16)17;/h11H,3-10H2,1-2H3,(H,21,22);1H. The molecule has 1 fully saturated rings. The van der Waals surface area contributed by atoms with Crippen LogP contribution in [-0.2, 0) is 0 Å². The number of rotatable bonds is 5. The first-order valence-corrected chi connectivity index (χ1v) is 7.87. The zero-order chi connectivity index (χ0) is 18.4. The number of halogens is 7. The summed E-state index contributed by atoms with van der Waals surface area (Å²) in [6.45, 7) is 2.79. The van der Waals surface area contributed by atoms with Gasteiger partial charge in [-0.25, -0.2) is 0 Å². The van der Waals surface area contributed by atoms with Crippen LogP contribution in [0.25, 0.3) is 0 Å². The van der Waals surface area contributed by atoms with Crippen molar-refractivity contribution >= 4 is 29.9 Å². The average molecular weight is 490 g/mol. The summed E-state index contributed by atoms with van der Waals surface area (Å²) in [5.41, 5.74) is 0. The summed E-state index contributed by atoms with van der Waals surface area (Å²) in [7, 11) is 1.54. The smallest absolute Gasteiger partial charge is 0.356 e. The van der Waals surface area contributed by atoms with Crippen molar-refractivity contribution in [3.8, 4) is 0 Å². The molecule has 0 aliphatic carbocycles. The van der Waals surface area contributed by atoms with Crippen LogP contribution in [0.1, 0.15) is 26.2 Å². The minimum absolute atomic E-state index is 0. The Bertz CT molecular complexity index is 405. The molecule has 0 aromatic carbocycles. The lowest BCUT2D eigenvalue weighted by atomic mass is 10.2. The second kappa shape index (κ2) is 10.6. The first-order chi connectivity index (χ1) is 11.0. The van der Waals surface area contributed by atoms with Gasteiger partial charge in [0.25, 0.3) is 0 Å². The van der Waals surface area contributed by atoms with Crippen LogP contribution in [0.15, 0.2) is 4.99 Å². The lowest BCUT2D eigenvalue weighted by Gasteiger charge is -2.39. The summed E-state index contributed by atoms with van der Waals surface area (Å²) >= 11 is 0. The van der Waals surface area contributed by atoms with Gasteiger partial charge in [-0.2, -0.15) is 26.3 Å². The molecule has 0 spiro atoms. The van der Waals surface area contributed by atoms with Crippen LogP contribution in [0.5, 0.6) is 0 Å². The summed E-state index contributed by atoms with van der Waals surface area (Å²) in [5.74, 6) is 0.515. The molecule has 1 heterocycles. The Labute approximate surface area is 161 Å². The third kappa shape index (κ3) is 9.15. The van der Waals surface area contributed by atoms with E-state index in [1.807, 2.05) is 4.90 Å². The molecule has 4 nitrogen and oxygen atoms in total. The summed E-state index contributed by atoms with van der Waals surface area (Å²) < 4.78 is 74.3. The number of piperazine rings is 1. The maximum Gasteiger partial charge on any atom is 0.403 e. The molecular formula is C14H25F6IN4. The van der Waals surface area contributed by atoms with Crippen LogP contribution in [-0.4, -0.2) is 73.9 Å². The fourth-order valence-electron chi connectivity index (χ4n) is 2.51. The van der Waals surface area contributed by atoms with Gasteiger partial charge in [0.2, 0.25) is 0 Å². The highest BCUT2D eigenvalue weighted by molar-refractivity contribution is 14.0. The van der Waals surface area contributed by atoms with Crippen LogP contribution in [0.3, 0.4) is 0 Å². The second-order valence-corrected chi connectivity index (χ2v) is 5.79. The fourth-order valence-corrected chi connectivity index (χ4v) is 2.51. The Morgan fingerprint density at radius 3 is 2.04 bits per heavy atom. The quantitative estimate of drug-likeness (QED) is 0.211. The maximum atomic E-state index is 12.7. The van der Waals surface area contributed by atoms with E-state index in [-0.39, 0.29) is 43.5 Å². The first kappa shape index (κ1) is 24.5. The fraction of sp³-hybridized carbons (Fsp3) is 0.929. The predicted octanol–water partition coefficient (Wildman–Crippen LogP) is 3.48. The third-order valence-corrected chi connectivity index (χ3v) is 4.02. The highest BCUT2D eigenvalue weighted by atomic mass is 127. The lowest BCUT2D eigenvalue weighted by Crippen LogP contribution is -2.56. The van der Waals surface area contributed by atoms with Gasteiger partial charge in [0.05, 0.1) is 0 Å². The van der Waals surface area contributed by atoms with Crippen molar-refractivity contribution in [2.45, 2.75) is 44.6 Å². The highest BCUT2D eigenvalue weighted by Gasteiger charge is 2.41. The first-order valence-electron chi connectivity index (χ1n) is 7.87. The predicted molar refractivity (Wildman–Crippen MR) is 95.3 cm³/mol. The monoisotopic (exact) mass is 490 g/mol. The summed E-state index contributed by atoms with van der Waals surface area (Å²) in [4.78, 5) is 7.24. The highest BCUT2D eigenvalue weighted by Crippen LogP contribution is 2.25. The van der Waals surface area contributed by atoms with Crippen LogP contribution in [0.4, 0.5) is 26.3 Å². The van der Waals surface area contributed by atoms with Gasteiger partial charge in [0.15, 0.2) is 5.96 Å². The zero-order valence-corrected chi connectivity index (χ0v) is 16.6. The molecule has 1 aliphatic rings. The van der Waals surface area contributed by atoms with Gasteiger partial charge in [-0.3, -0.25) is 9.89 Å². The number of hydrogen-bond donors (Lipinski definition) is 1. The third-order valence-electron chi connectivity index (χ3n) is 4.02. The van der Waals surface area contributed by atoms with Gasteiger partial charge >= 0.3 is 12.4 Å². The Balaban J connectivity index is 0.00000576. The van der Waals surface area contributed by atoms with Crippen LogP contribution < -0.4 is 5.32 Å². The summed E-state index contributed by atoms with van der Waals surface area (Å²) in [6, 6.07) is -1.49. The molecule has 0 radical (unpaired) electrons. The number of aliphatic imine (C=N–C) groups is 1. The Morgan fingerprint density at radius 1 is 1.04 bits per heavy atom. The van der Waals surface area contributed by atoms with Crippen LogP contribution >= 0.6 is 24.0 Å². The molecule has 0 aromatic rings. The molecule has 11 heteroatoms. The summed E-state index contributed by atoms with van der Waals surface area (Å²) in [5, 5.41) is 2.97. The van der Waals surface area contributed by atoms with Gasteiger partial charge in [0.1, 0.15) is 6.04 Å². The van der Waals surface area contributed by atoms with Crippen molar-refractivity contribution in [2.75, 3.05) is 39.8 Å². The molecule has 1 unspecified atom stereocenters. The Kier molecular flexibility index (Phi) is 10.4. The minimum Gasteiger partial charge on any atom is -0.356 e. The number of guanidine groups is 1. The normalized spacial score (nSPS) is 18.7. The van der Waals surface area contributed by atoms with E-state index < -0.39 is 24.8 Å². The molecule has 1 aliphatic heterocycles. The van der Waals surface area contributed by atoms with E-state index in [9.17, 15) is 26.3 Å². The molecule has 150 valence electrons. The van der Waals surface area contributed by atoms with Crippen molar-refractivity contribution in [2.24, 2.45) is 4.99 Å². The van der Waals surface area contributed by atoms with E-state index in [1.165, 1.54) is 4.90 Å². The molecule has 0 amide bonds. The minimum atomic E-state index is -4.25. The van der Waals surface area contributed by atoms with E-state index in [0.717, 1.165) is 6.92 Å². The molecular weight excluding hydrogens is 465 g/mol. The van der Waals surface area contributed by atoms with Crippen molar-refractivity contribution in [1.29, 1.82) is 0 Å². The van der Waals surface area contributed by atoms with Gasteiger partial charge in [-0.05, 0) is 19.8 Å². The number of alkyl halides is 6.